The number of nitrogens with zero attached hydrogens (tertiary/aromatic N) is 2. The second kappa shape index (κ2) is 6.00. The molecular formula is C14H16N2O3S. The fourth-order valence-electron chi connectivity index (χ4n) is 2.17. The van der Waals surface area contributed by atoms with E-state index in [0.717, 1.165) is 10.2 Å². The normalized spacial score (nSPS) is 12.3. The van der Waals surface area contributed by atoms with Gasteiger partial charge in [-0.3, -0.25) is 9.59 Å². The van der Waals surface area contributed by atoms with Gasteiger partial charge in [-0.15, -0.1) is 11.3 Å². The van der Waals surface area contributed by atoms with Crippen LogP contribution >= 0.6 is 11.3 Å². The minimum atomic E-state index is -0.901. The number of thiazole rings is 1. The number of carboxylic acids is 1. The van der Waals surface area contributed by atoms with Gasteiger partial charge in [0, 0.05) is 18.2 Å². The summed E-state index contributed by atoms with van der Waals surface area (Å²) in [5.41, 5.74) is 3.18. The number of rotatable bonds is 5. The van der Waals surface area contributed by atoms with E-state index in [0.29, 0.717) is 12.1 Å². The van der Waals surface area contributed by atoms with Crippen LogP contribution < -0.4 is 0 Å². The quantitative estimate of drug-likeness (QED) is 0.919. The van der Waals surface area contributed by atoms with Crippen molar-refractivity contribution < 1.29 is 14.7 Å². The Balaban J connectivity index is 2.24. The topological polar surface area (TPSA) is 70.5 Å². The predicted octanol–water partition coefficient (Wildman–Crippen LogP) is 2.62. The Labute approximate surface area is 120 Å². The van der Waals surface area contributed by atoms with Gasteiger partial charge in [0.15, 0.2) is 0 Å². The maximum Gasteiger partial charge on any atom is 0.305 e. The largest absolute Gasteiger partial charge is 0.481 e. The number of aromatic nitrogens is 1. The molecular weight excluding hydrogens is 276 g/mol. The predicted molar refractivity (Wildman–Crippen MR) is 78.0 cm³/mol. The summed E-state index contributed by atoms with van der Waals surface area (Å²) in [6, 6.07) is 5.03. The zero-order chi connectivity index (χ0) is 14.7. The lowest BCUT2D eigenvalue weighted by Gasteiger charge is -2.27. The van der Waals surface area contributed by atoms with E-state index in [-0.39, 0.29) is 18.4 Å². The molecule has 0 radical (unpaired) electrons. The SMILES string of the molecule is CCN(C(=O)c1ccc2ncsc2c1)C(C)CC(=O)O. The van der Waals surface area contributed by atoms with E-state index in [1.807, 2.05) is 19.1 Å². The highest BCUT2D eigenvalue weighted by Crippen LogP contribution is 2.20. The van der Waals surface area contributed by atoms with Gasteiger partial charge in [-0.25, -0.2) is 4.98 Å². The van der Waals surface area contributed by atoms with Crippen molar-refractivity contribution in [2.45, 2.75) is 26.3 Å². The molecule has 2 rings (SSSR count). The molecule has 2 aromatic rings. The third kappa shape index (κ3) is 2.96. The summed E-state index contributed by atoms with van der Waals surface area (Å²) in [6.07, 6.45) is -0.0532. The molecule has 0 fully saturated rings. The van der Waals surface area contributed by atoms with Crippen LogP contribution in [0.2, 0.25) is 0 Å². The molecule has 1 unspecified atom stereocenters. The van der Waals surface area contributed by atoms with Crippen molar-refractivity contribution in [1.29, 1.82) is 0 Å². The first kappa shape index (κ1) is 14.5. The first-order valence-electron chi connectivity index (χ1n) is 6.39. The van der Waals surface area contributed by atoms with Gasteiger partial charge in [-0.1, -0.05) is 0 Å². The third-order valence-electron chi connectivity index (χ3n) is 3.18. The van der Waals surface area contributed by atoms with Crippen LogP contribution in [0.5, 0.6) is 0 Å². The molecule has 20 heavy (non-hydrogen) atoms. The first-order chi connectivity index (χ1) is 9.52. The van der Waals surface area contributed by atoms with Crippen molar-refractivity contribution in [1.82, 2.24) is 9.88 Å². The van der Waals surface area contributed by atoms with Gasteiger partial charge in [0.1, 0.15) is 0 Å². The van der Waals surface area contributed by atoms with Crippen molar-refractivity contribution in [2.24, 2.45) is 0 Å². The van der Waals surface area contributed by atoms with Gasteiger partial charge < -0.3 is 10.0 Å². The monoisotopic (exact) mass is 292 g/mol. The molecule has 6 heteroatoms. The number of fused-ring (bicyclic) bond motifs is 1. The van der Waals surface area contributed by atoms with Crippen LogP contribution in [-0.4, -0.2) is 39.5 Å². The Morgan fingerprint density at radius 3 is 2.85 bits per heavy atom. The average molecular weight is 292 g/mol. The minimum Gasteiger partial charge on any atom is -0.481 e. The Kier molecular flexibility index (Phi) is 4.34. The molecule has 1 N–H and O–H groups in total. The minimum absolute atomic E-state index is 0.0532. The second-order valence-corrected chi connectivity index (χ2v) is 5.46. The molecule has 1 amide bonds. The van der Waals surface area contributed by atoms with E-state index in [2.05, 4.69) is 4.98 Å². The second-order valence-electron chi connectivity index (χ2n) is 4.57. The molecule has 0 bridgehead atoms. The molecule has 0 saturated carbocycles. The van der Waals surface area contributed by atoms with E-state index in [9.17, 15) is 9.59 Å². The summed E-state index contributed by atoms with van der Waals surface area (Å²) in [5, 5.41) is 8.85. The molecule has 0 spiro atoms. The first-order valence-corrected chi connectivity index (χ1v) is 7.27. The highest BCUT2D eigenvalue weighted by atomic mass is 32.1. The fraction of sp³-hybridized carbons (Fsp3) is 0.357. The summed E-state index contributed by atoms with van der Waals surface area (Å²) >= 11 is 1.48. The van der Waals surface area contributed by atoms with Crippen LogP contribution in [0.3, 0.4) is 0 Å². The van der Waals surface area contributed by atoms with Gasteiger partial charge in [-0.05, 0) is 32.0 Å². The molecule has 1 heterocycles. The number of amides is 1. The van der Waals surface area contributed by atoms with Gasteiger partial charge >= 0.3 is 5.97 Å². The number of carbonyl (C=O) groups excluding carboxylic acids is 1. The molecule has 5 nitrogen and oxygen atoms in total. The number of carbonyl (C=O) groups is 2. The van der Waals surface area contributed by atoms with Gasteiger partial charge in [-0.2, -0.15) is 0 Å². The van der Waals surface area contributed by atoms with E-state index in [1.54, 1.807) is 23.4 Å². The molecule has 1 aromatic heterocycles. The highest BCUT2D eigenvalue weighted by Gasteiger charge is 2.22. The highest BCUT2D eigenvalue weighted by molar-refractivity contribution is 7.16. The van der Waals surface area contributed by atoms with E-state index in [4.69, 9.17) is 5.11 Å². The zero-order valence-electron chi connectivity index (χ0n) is 11.4. The van der Waals surface area contributed by atoms with Crippen LogP contribution in [0.4, 0.5) is 0 Å². The van der Waals surface area contributed by atoms with Crippen LogP contribution in [0.15, 0.2) is 23.7 Å². The standard InChI is InChI=1S/C14H16N2O3S/c1-3-16(9(2)6-13(17)18)14(19)10-4-5-11-12(7-10)20-8-15-11/h4-5,7-9H,3,6H2,1-2H3,(H,17,18). The fourth-order valence-corrected chi connectivity index (χ4v) is 2.89. The van der Waals surface area contributed by atoms with Crippen molar-refractivity contribution in [3.63, 3.8) is 0 Å². The molecule has 0 aliphatic heterocycles. The maximum absolute atomic E-state index is 12.5. The lowest BCUT2D eigenvalue weighted by molar-refractivity contribution is -0.138. The summed E-state index contributed by atoms with van der Waals surface area (Å²) in [5.74, 6) is -1.04. The number of benzene rings is 1. The summed E-state index contributed by atoms with van der Waals surface area (Å²) in [4.78, 5) is 29.0. The Bertz CT molecular complexity index is 638. The number of hydrogen-bond donors (Lipinski definition) is 1. The van der Waals surface area contributed by atoms with Crippen molar-refractivity contribution in [3.8, 4) is 0 Å². The van der Waals surface area contributed by atoms with Gasteiger partial charge in [0.2, 0.25) is 0 Å². The number of carboxylic acid groups (broad SMARTS) is 1. The molecule has 0 aliphatic rings. The molecule has 0 aliphatic carbocycles. The Morgan fingerprint density at radius 1 is 1.45 bits per heavy atom. The molecule has 1 aromatic carbocycles. The van der Waals surface area contributed by atoms with Crippen LogP contribution in [-0.2, 0) is 4.79 Å². The zero-order valence-corrected chi connectivity index (χ0v) is 12.2. The van der Waals surface area contributed by atoms with E-state index >= 15 is 0 Å². The Hall–Kier alpha value is -1.95. The molecule has 0 saturated heterocycles. The van der Waals surface area contributed by atoms with Crippen LogP contribution in [0.25, 0.3) is 10.2 Å². The smallest absolute Gasteiger partial charge is 0.305 e. The van der Waals surface area contributed by atoms with Crippen LogP contribution in [0, 0.1) is 0 Å². The molecule has 1 atom stereocenters. The van der Waals surface area contributed by atoms with Crippen molar-refractivity contribution >= 4 is 33.4 Å². The van der Waals surface area contributed by atoms with Crippen molar-refractivity contribution in [2.75, 3.05) is 6.54 Å². The number of aliphatic carboxylic acids is 1. The van der Waals surface area contributed by atoms with Crippen LogP contribution in [0.1, 0.15) is 30.6 Å². The third-order valence-corrected chi connectivity index (χ3v) is 3.97. The summed E-state index contributed by atoms with van der Waals surface area (Å²) < 4.78 is 0.956. The Morgan fingerprint density at radius 2 is 2.20 bits per heavy atom. The summed E-state index contributed by atoms with van der Waals surface area (Å²) in [7, 11) is 0. The maximum atomic E-state index is 12.5. The van der Waals surface area contributed by atoms with Crippen molar-refractivity contribution in [3.05, 3.63) is 29.3 Å². The van der Waals surface area contributed by atoms with Gasteiger partial charge in [0.05, 0.1) is 22.1 Å². The van der Waals surface area contributed by atoms with E-state index in [1.165, 1.54) is 11.3 Å². The molecule has 106 valence electrons. The average Bonchev–Trinajstić information content (AvgIpc) is 2.85. The van der Waals surface area contributed by atoms with Gasteiger partial charge in [0.25, 0.3) is 5.91 Å². The lowest BCUT2D eigenvalue weighted by Crippen LogP contribution is -2.39. The number of hydrogen-bond acceptors (Lipinski definition) is 4. The lowest BCUT2D eigenvalue weighted by atomic mass is 10.1. The van der Waals surface area contributed by atoms with E-state index < -0.39 is 5.97 Å². The summed E-state index contributed by atoms with van der Waals surface area (Å²) in [6.45, 7) is 4.08.